The molecule has 0 aliphatic heterocycles. The van der Waals surface area contributed by atoms with Crippen molar-refractivity contribution in [3.8, 4) is 33.8 Å². The fraction of sp³-hybridized carbons (Fsp3) is 0.0370. The maximum absolute atomic E-state index is 14.8. The Hall–Kier alpha value is -4.45. The summed E-state index contributed by atoms with van der Waals surface area (Å²) in [7, 11) is 0. The average Bonchev–Trinajstić information content (AvgIpc) is 2.82. The van der Waals surface area contributed by atoms with Gasteiger partial charge in [-0.05, 0) is 53.9 Å². The number of esters is 2. The van der Waals surface area contributed by atoms with Crippen molar-refractivity contribution in [3.63, 3.8) is 0 Å². The first kappa shape index (κ1) is 23.2. The molecule has 3 aromatic rings. The van der Waals surface area contributed by atoms with E-state index in [2.05, 4.69) is 13.2 Å². The summed E-state index contributed by atoms with van der Waals surface area (Å²) in [6.07, 6.45) is 3.45. The fourth-order valence-corrected chi connectivity index (χ4v) is 2.81. The van der Waals surface area contributed by atoms with Crippen molar-refractivity contribution < 1.29 is 28.2 Å². The molecule has 0 aliphatic carbocycles. The quantitative estimate of drug-likeness (QED) is 0.179. The third kappa shape index (κ3) is 6.27. The molecule has 0 bridgehead atoms. The van der Waals surface area contributed by atoms with Crippen molar-refractivity contribution in [2.75, 3.05) is 0 Å². The summed E-state index contributed by atoms with van der Waals surface area (Å²) in [6, 6.07) is 18.5. The summed E-state index contributed by atoms with van der Waals surface area (Å²) in [5, 5.41) is 0. The highest BCUT2D eigenvalue weighted by Crippen LogP contribution is 2.30. The molecule has 5 nitrogen and oxygen atoms in total. The summed E-state index contributed by atoms with van der Waals surface area (Å²) >= 11 is 0. The van der Waals surface area contributed by atoms with Crippen LogP contribution in [-0.2, 0) is 14.3 Å². The summed E-state index contributed by atoms with van der Waals surface area (Å²) in [5.41, 5.74) is 2.87. The second-order valence-corrected chi connectivity index (χ2v) is 6.94. The molecule has 0 heterocycles. The predicted octanol–water partition coefficient (Wildman–Crippen LogP) is 6.22. The minimum Gasteiger partial charge on any atom is -0.462 e. The van der Waals surface area contributed by atoms with Gasteiger partial charge in [0.1, 0.15) is 29.8 Å². The van der Waals surface area contributed by atoms with Gasteiger partial charge in [-0.2, -0.15) is 0 Å². The Morgan fingerprint density at radius 3 is 2.06 bits per heavy atom. The van der Waals surface area contributed by atoms with E-state index >= 15 is 0 Å². The number of halogens is 1. The number of hydrogen-bond acceptors (Lipinski definition) is 5. The summed E-state index contributed by atoms with van der Waals surface area (Å²) < 4.78 is 30.0. The highest BCUT2D eigenvalue weighted by atomic mass is 19.1. The van der Waals surface area contributed by atoms with Crippen LogP contribution in [0.2, 0.25) is 0 Å². The molecule has 3 rings (SSSR count). The van der Waals surface area contributed by atoms with Crippen molar-refractivity contribution in [1.82, 2.24) is 0 Å². The number of rotatable bonds is 8. The number of hydrogen-bond donors (Lipinski definition) is 0. The number of carbonyl (C=O) groups is 2. The van der Waals surface area contributed by atoms with E-state index < -0.39 is 11.9 Å². The van der Waals surface area contributed by atoms with Crippen LogP contribution in [0.25, 0.3) is 22.3 Å². The molecular formula is C27H21FO5. The fourth-order valence-electron chi connectivity index (χ4n) is 2.81. The van der Waals surface area contributed by atoms with Gasteiger partial charge in [0.2, 0.25) is 0 Å². The molecule has 0 atom stereocenters. The van der Waals surface area contributed by atoms with Gasteiger partial charge in [-0.25, -0.2) is 14.0 Å². The minimum absolute atomic E-state index is 0.285. The maximum Gasteiger partial charge on any atom is 0.338 e. The lowest BCUT2D eigenvalue weighted by atomic mass is 9.99. The molecule has 0 unspecified atom stereocenters. The summed E-state index contributed by atoms with van der Waals surface area (Å²) in [6.45, 7) is 8.37. The van der Waals surface area contributed by atoms with E-state index in [4.69, 9.17) is 14.2 Å². The van der Waals surface area contributed by atoms with Crippen LogP contribution in [0.3, 0.4) is 0 Å². The van der Waals surface area contributed by atoms with E-state index in [1.165, 1.54) is 12.3 Å². The third-order valence-corrected chi connectivity index (χ3v) is 4.49. The largest absolute Gasteiger partial charge is 0.462 e. The molecule has 0 saturated heterocycles. The zero-order valence-electron chi connectivity index (χ0n) is 17.9. The van der Waals surface area contributed by atoms with Crippen molar-refractivity contribution >= 4 is 11.9 Å². The Labute approximate surface area is 191 Å². The van der Waals surface area contributed by atoms with Gasteiger partial charge in [-0.3, -0.25) is 0 Å². The lowest BCUT2D eigenvalue weighted by Gasteiger charge is -2.09. The maximum atomic E-state index is 14.8. The van der Waals surface area contributed by atoms with Gasteiger partial charge in [0.15, 0.2) is 0 Å². The standard InChI is InChI=1S/C27H21FO5/c1-4-26(29)33-23-12-7-20(8-13-23)24-14-9-21(17-25(24)28)19-5-10-22(11-6-19)31-15-16-32-27(30)18(2)3/h4-17H,1-2H2,3H3/b16-15-. The van der Waals surface area contributed by atoms with Gasteiger partial charge in [0, 0.05) is 17.2 Å². The van der Waals surface area contributed by atoms with Gasteiger partial charge in [-0.1, -0.05) is 49.6 Å². The van der Waals surface area contributed by atoms with Crippen LogP contribution in [0.5, 0.6) is 11.5 Å². The predicted molar refractivity (Wildman–Crippen MR) is 124 cm³/mol. The van der Waals surface area contributed by atoms with Crippen LogP contribution in [-0.4, -0.2) is 11.9 Å². The van der Waals surface area contributed by atoms with Gasteiger partial charge in [-0.15, -0.1) is 0 Å². The van der Waals surface area contributed by atoms with Gasteiger partial charge in [0.05, 0.1) is 0 Å². The molecule has 0 spiro atoms. The second-order valence-electron chi connectivity index (χ2n) is 6.94. The molecule has 3 aromatic carbocycles. The zero-order chi connectivity index (χ0) is 23.8. The van der Waals surface area contributed by atoms with Crippen molar-refractivity contribution in [2.45, 2.75) is 6.92 Å². The minimum atomic E-state index is -0.558. The molecule has 0 radical (unpaired) electrons. The lowest BCUT2D eigenvalue weighted by molar-refractivity contribution is -0.133. The van der Waals surface area contributed by atoms with E-state index in [1.807, 2.05) is 6.07 Å². The number of benzene rings is 3. The van der Waals surface area contributed by atoms with E-state index in [-0.39, 0.29) is 11.4 Å². The van der Waals surface area contributed by atoms with Crippen LogP contribution >= 0.6 is 0 Å². The van der Waals surface area contributed by atoms with E-state index in [0.29, 0.717) is 28.2 Å². The number of carbonyl (C=O) groups excluding carboxylic acids is 2. The molecule has 0 fully saturated rings. The third-order valence-electron chi connectivity index (χ3n) is 4.49. The Bertz CT molecular complexity index is 1210. The number of ether oxygens (including phenoxy) is 3. The Morgan fingerprint density at radius 2 is 1.45 bits per heavy atom. The van der Waals surface area contributed by atoms with Crippen LogP contribution in [0.1, 0.15) is 6.92 Å². The highest BCUT2D eigenvalue weighted by molar-refractivity contribution is 5.87. The summed E-state index contributed by atoms with van der Waals surface area (Å²) in [4.78, 5) is 22.5. The first-order valence-electron chi connectivity index (χ1n) is 9.90. The molecule has 0 saturated carbocycles. The molecular weight excluding hydrogens is 423 g/mol. The van der Waals surface area contributed by atoms with E-state index in [9.17, 15) is 14.0 Å². The first-order chi connectivity index (χ1) is 15.9. The van der Waals surface area contributed by atoms with E-state index in [0.717, 1.165) is 17.9 Å². The second kappa shape index (κ2) is 10.7. The monoisotopic (exact) mass is 444 g/mol. The van der Waals surface area contributed by atoms with Gasteiger partial charge >= 0.3 is 11.9 Å². The molecule has 0 amide bonds. The normalized spacial score (nSPS) is 10.5. The van der Waals surface area contributed by atoms with Crippen molar-refractivity contribution in [3.05, 3.63) is 110 Å². The molecule has 0 aliphatic rings. The topological polar surface area (TPSA) is 61.8 Å². The SMILES string of the molecule is C=CC(=O)Oc1ccc(-c2ccc(-c3ccc(O/C=C\OC(=O)C(=C)C)cc3)cc2F)cc1. The highest BCUT2D eigenvalue weighted by Gasteiger charge is 2.09. The molecule has 166 valence electrons. The average molecular weight is 444 g/mol. The van der Waals surface area contributed by atoms with Crippen LogP contribution < -0.4 is 9.47 Å². The molecule has 0 aromatic heterocycles. The molecule has 0 N–H and O–H groups in total. The van der Waals surface area contributed by atoms with Crippen LogP contribution in [0.4, 0.5) is 4.39 Å². The van der Waals surface area contributed by atoms with Crippen LogP contribution in [0.15, 0.2) is 104 Å². The van der Waals surface area contributed by atoms with E-state index in [1.54, 1.807) is 61.5 Å². The lowest BCUT2D eigenvalue weighted by Crippen LogP contribution is -2.02. The zero-order valence-corrected chi connectivity index (χ0v) is 17.9. The summed E-state index contributed by atoms with van der Waals surface area (Å²) in [5.74, 6) is -0.604. The van der Waals surface area contributed by atoms with Crippen molar-refractivity contribution in [2.24, 2.45) is 0 Å². The Balaban J connectivity index is 1.67. The van der Waals surface area contributed by atoms with Gasteiger partial charge < -0.3 is 14.2 Å². The Morgan fingerprint density at radius 1 is 0.848 bits per heavy atom. The first-order valence-corrected chi connectivity index (χ1v) is 9.90. The molecule has 6 heteroatoms. The van der Waals surface area contributed by atoms with Crippen LogP contribution in [0, 0.1) is 5.82 Å². The van der Waals surface area contributed by atoms with Crippen molar-refractivity contribution in [1.29, 1.82) is 0 Å². The smallest absolute Gasteiger partial charge is 0.338 e. The Kier molecular flexibility index (Phi) is 7.55. The van der Waals surface area contributed by atoms with Gasteiger partial charge in [0.25, 0.3) is 0 Å². The molecule has 33 heavy (non-hydrogen) atoms.